The second-order valence-corrected chi connectivity index (χ2v) is 9.27. The van der Waals surface area contributed by atoms with Crippen LogP contribution in [0.25, 0.3) is 26.0 Å². The zero-order valence-electron chi connectivity index (χ0n) is 17.4. The van der Waals surface area contributed by atoms with Crippen LogP contribution in [-0.2, 0) is 9.59 Å². The molecule has 0 aliphatic rings. The third-order valence-corrected chi connectivity index (χ3v) is 6.65. The summed E-state index contributed by atoms with van der Waals surface area (Å²) in [4.78, 5) is 32.9. The van der Waals surface area contributed by atoms with E-state index in [1.54, 1.807) is 45.8 Å². The third-order valence-electron chi connectivity index (χ3n) is 4.81. The molecule has 0 atom stereocenters. The van der Waals surface area contributed by atoms with Gasteiger partial charge in [-0.1, -0.05) is 0 Å². The maximum absolute atomic E-state index is 12.3. The molecular weight excluding hydrogens is 460 g/mol. The standard InChI is InChI=1S/C22H18N6O3S2/c1-13-26-21-18(33-13)8-17(16-6-7-32-22(16)21)31-10-20(30)24-9-19(29)27-14-2-4-15(5-3-14)28-12-23-11-25-28/h2-8,11-12H,9-10H2,1H3,(H,24,30)(H,27,29). The Bertz CT molecular complexity index is 1440. The molecule has 0 aliphatic carbocycles. The van der Waals surface area contributed by atoms with Gasteiger partial charge in [-0.05, 0) is 42.6 Å². The molecule has 0 saturated heterocycles. The second-order valence-electron chi connectivity index (χ2n) is 7.12. The zero-order chi connectivity index (χ0) is 22.8. The number of nitrogens with one attached hydrogen (secondary N) is 2. The van der Waals surface area contributed by atoms with Crippen molar-refractivity contribution < 1.29 is 14.3 Å². The summed E-state index contributed by atoms with van der Waals surface area (Å²) in [6.45, 7) is 1.62. The van der Waals surface area contributed by atoms with Crippen LogP contribution in [0.3, 0.4) is 0 Å². The molecule has 3 heterocycles. The lowest BCUT2D eigenvalue weighted by Gasteiger charge is -2.10. The van der Waals surface area contributed by atoms with E-state index in [1.807, 2.05) is 36.6 Å². The lowest BCUT2D eigenvalue weighted by Crippen LogP contribution is -2.35. The van der Waals surface area contributed by atoms with E-state index in [9.17, 15) is 9.59 Å². The smallest absolute Gasteiger partial charge is 0.258 e. The minimum atomic E-state index is -0.379. The van der Waals surface area contributed by atoms with Crippen molar-refractivity contribution in [2.75, 3.05) is 18.5 Å². The molecule has 0 bridgehead atoms. The molecule has 5 rings (SSSR count). The predicted octanol–water partition coefficient (Wildman–Crippen LogP) is 3.53. The van der Waals surface area contributed by atoms with Gasteiger partial charge in [-0.25, -0.2) is 14.6 Å². The van der Waals surface area contributed by atoms with Crippen LogP contribution in [-0.4, -0.2) is 44.7 Å². The fourth-order valence-corrected chi connectivity index (χ4v) is 5.16. The SMILES string of the molecule is Cc1nc2c(cc(OCC(=O)NCC(=O)Nc3ccc(-n4cncn4)cc3)c3ccsc32)s1. The van der Waals surface area contributed by atoms with Gasteiger partial charge in [0.15, 0.2) is 6.61 Å². The molecular formula is C22H18N6O3S2. The molecule has 2 amide bonds. The van der Waals surface area contributed by atoms with Crippen LogP contribution >= 0.6 is 22.7 Å². The van der Waals surface area contributed by atoms with Crippen LogP contribution in [0, 0.1) is 6.92 Å². The molecule has 0 fully saturated rings. The molecule has 2 N–H and O–H groups in total. The van der Waals surface area contributed by atoms with Crippen LogP contribution in [0.4, 0.5) is 5.69 Å². The maximum atomic E-state index is 12.3. The molecule has 0 unspecified atom stereocenters. The summed E-state index contributed by atoms with van der Waals surface area (Å²) in [7, 11) is 0. The van der Waals surface area contributed by atoms with Crippen molar-refractivity contribution in [1.82, 2.24) is 25.1 Å². The van der Waals surface area contributed by atoms with Gasteiger partial charge in [0.1, 0.15) is 18.4 Å². The fourth-order valence-electron chi connectivity index (χ4n) is 3.32. The number of hydrogen-bond acceptors (Lipinski definition) is 8. The van der Waals surface area contributed by atoms with Crippen molar-refractivity contribution in [3.8, 4) is 11.4 Å². The largest absolute Gasteiger partial charge is 0.483 e. The molecule has 0 aliphatic heterocycles. The predicted molar refractivity (Wildman–Crippen MR) is 128 cm³/mol. The Morgan fingerprint density at radius 2 is 2.00 bits per heavy atom. The van der Waals surface area contributed by atoms with E-state index in [0.29, 0.717) is 11.4 Å². The number of nitrogens with zero attached hydrogens (tertiary/aromatic N) is 4. The van der Waals surface area contributed by atoms with E-state index in [2.05, 4.69) is 25.7 Å². The average Bonchev–Trinajstić information content (AvgIpc) is 3.56. The van der Waals surface area contributed by atoms with Crippen molar-refractivity contribution in [3.05, 3.63) is 59.4 Å². The van der Waals surface area contributed by atoms with Gasteiger partial charge >= 0.3 is 0 Å². The van der Waals surface area contributed by atoms with Gasteiger partial charge in [0, 0.05) is 17.1 Å². The molecule has 33 heavy (non-hydrogen) atoms. The maximum Gasteiger partial charge on any atom is 0.258 e. The van der Waals surface area contributed by atoms with Crippen molar-refractivity contribution >= 4 is 60.5 Å². The molecule has 9 nitrogen and oxygen atoms in total. The quantitative estimate of drug-likeness (QED) is 0.370. The van der Waals surface area contributed by atoms with Crippen LogP contribution < -0.4 is 15.4 Å². The fraction of sp³-hybridized carbons (Fsp3) is 0.136. The van der Waals surface area contributed by atoms with Crippen molar-refractivity contribution in [3.63, 3.8) is 0 Å². The topological polar surface area (TPSA) is 111 Å². The third kappa shape index (κ3) is 4.54. The number of benzene rings is 2. The summed E-state index contributed by atoms with van der Waals surface area (Å²) >= 11 is 3.18. The van der Waals surface area contributed by atoms with Gasteiger partial charge in [-0.3, -0.25) is 9.59 Å². The Morgan fingerprint density at radius 3 is 2.79 bits per heavy atom. The van der Waals surface area contributed by atoms with Gasteiger partial charge in [-0.15, -0.1) is 22.7 Å². The molecule has 0 radical (unpaired) electrons. The average molecular weight is 479 g/mol. The van der Waals surface area contributed by atoms with Crippen LogP contribution in [0.2, 0.25) is 0 Å². The first-order valence-corrected chi connectivity index (χ1v) is 11.7. The van der Waals surface area contributed by atoms with E-state index >= 15 is 0 Å². The summed E-state index contributed by atoms with van der Waals surface area (Å²) in [6.07, 6.45) is 3.04. The van der Waals surface area contributed by atoms with Gasteiger partial charge in [-0.2, -0.15) is 5.10 Å². The number of aryl methyl sites for hydroxylation is 1. The van der Waals surface area contributed by atoms with Crippen LogP contribution in [0.15, 0.2) is 54.4 Å². The number of ether oxygens (including phenoxy) is 1. The van der Waals surface area contributed by atoms with E-state index < -0.39 is 0 Å². The number of thiazole rings is 1. The minimum absolute atomic E-state index is 0.159. The number of anilines is 1. The minimum Gasteiger partial charge on any atom is -0.483 e. The highest BCUT2D eigenvalue weighted by atomic mass is 32.1. The molecule has 0 saturated carbocycles. The molecule has 3 aromatic heterocycles. The highest BCUT2D eigenvalue weighted by Gasteiger charge is 2.14. The summed E-state index contributed by atoms with van der Waals surface area (Å²) in [5.74, 6) is -0.0799. The Morgan fingerprint density at radius 1 is 1.15 bits per heavy atom. The van der Waals surface area contributed by atoms with Gasteiger partial charge < -0.3 is 15.4 Å². The number of fused-ring (bicyclic) bond motifs is 3. The lowest BCUT2D eigenvalue weighted by molar-refractivity contribution is -0.125. The summed E-state index contributed by atoms with van der Waals surface area (Å²) in [5, 5.41) is 13.3. The van der Waals surface area contributed by atoms with E-state index in [4.69, 9.17) is 4.74 Å². The Labute approximate surface area is 196 Å². The summed E-state index contributed by atoms with van der Waals surface area (Å²) in [6, 6.07) is 11.0. The van der Waals surface area contributed by atoms with Crippen LogP contribution in [0.1, 0.15) is 5.01 Å². The van der Waals surface area contributed by atoms with Crippen molar-refractivity contribution in [2.45, 2.75) is 6.92 Å². The summed E-state index contributed by atoms with van der Waals surface area (Å²) in [5.41, 5.74) is 2.40. The summed E-state index contributed by atoms with van der Waals surface area (Å²) < 4.78 is 9.46. The first-order chi connectivity index (χ1) is 16.1. The zero-order valence-corrected chi connectivity index (χ0v) is 19.1. The lowest BCUT2D eigenvalue weighted by atomic mass is 10.2. The molecule has 5 aromatic rings. The first kappa shape index (κ1) is 21.0. The van der Waals surface area contributed by atoms with E-state index in [-0.39, 0.29) is 25.0 Å². The Balaban J connectivity index is 1.15. The number of carbonyl (C=O) groups excluding carboxylic acids is 2. The second kappa shape index (κ2) is 8.96. The first-order valence-electron chi connectivity index (χ1n) is 9.98. The van der Waals surface area contributed by atoms with E-state index in [0.717, 1.165) is 31.0 Å². The van der Waals surface area contributed by atoms with E-state index in [1.165, 1.54) is 6.33 Å². The molecule has 166 valence electrons. The number of amides is 2. The van der Waals surface area contributed by atoms with Gasteiger partial charge in [0.25, 0.3) is 5.91 Å². The van der Waals surface area contributed by atoms with Gasteiger partial charge in [0.2, 0.25) is 5.91 Å². The molecule has 2 aromatic carbocycles. The van der Waals surface area contributed by atoms with Crippen LogP contribution in [0.5, 0.6) is 5.75 Å². The Hall–Kier alpha value is -3.83. The highest BCUT2D eigenvalue weighted by molar-refractivity contribution is 7.21. The molecule has 11 heteroatoms. The number of thiophene rings is 1. The number of carbonyl (C=O) groups is 2. The normalized spacial score (nSPS) is 11.1. The molecule has 0 spiro atoms. The van der Waals surface area contributed by atoms with Gasteiger partial charge in [0.05, 0.1) is 32.2 Å². The monoisotopic (exact) mass is 478 g/mol. The Kier molecular flexibility index (Phi) is 5.71. The highest BCUT2D eigenvalue weighted by Crippen LogP contribution is 2.38. The number of aromatic nitrogens is 4. The number of rotatable bonds is 7. The van der Waals surface area contributed by atoms with Crippen molar-refractivity contribution in [1.29, 1.82) is 0 Å². The van der Waals surface area contributed by atoms with Crippen molar-refractivity contribution in [2.24, 2.45) is 0 Å². The number of hydrogen-bond donors (Lipinski definition) is 2.